The van der Waals surface area contributed by atoms with Gasteiger partial charge in [-0.2, -0.15) is 5.10 Å². The molecular formula is C21H15Cl2N3O2. The van der Waals surface area contributed by atoms with Crippen LogP contribution in [0, 0.1) is 0 Å². The highest BCUT2D eigenvalue weighted by Gasteiger charge is 2.17. The Morgan fingerprint density at radius 2 is 1.79 bits per heavy atom. The van der Waals surface area contributed by atoms with Gasteiger partial charge in [-0.1, -0.05) is 41.4 Å². The minimum Gasteiger partial charge on any atom is -0.464 e. The van der Waals surface area contributed by atoms with Crippen molar-refractivity contribution in [3.8, 4) is 11.3 Å². The van der Waals surface area contributed by atoms with Crippen LogP contribution in [0.5, 0.6) is 0 Å². The topological polar surface area (TPSA) is 56.5 Å². The van der Waals surface area contributed by atoms with Crippen molar-refractivity contribution in [2.24, 2.45) is 0 Å². The number of halogens is 2. The van der Waals surface area contributed by atoms with Gasteiger partial charge in [0.05, 0.1) is 23.3 Å². The van der Waals surface area contributed by atoms with E-state index in [0.717, 1.165) is 28.0 Å². The zero-order valence-electron chi connectivity index (χ0n) is 14.9. The smallest absolute Gasteiger partial charge is 0.356 e. The fourth-order valence-corrected chi connectivity index (χ4v) is 3.35. The number of nitrogens with zero attached hydrogens (tertiary/aromatic N) is 3. The summed E-state index contributed by atoms with van der Waals surface area (Å²) in [7, 11) is 1.34. The summed E-state index contributed by atoms with van der Waals surface area (Å²) in [6, 6.07) is 16.5. The summed E-state index contributed by atoms with van der Waals surface area (Å²) < 4.78 is 6.52. The molecule has 0 amide bonds. The molecular weight excluding hydrogens is 397 g/mol. The van der Waals surface area contributed by atoms with Crippen molar-refractivity contribution in [2.45, 2.75) is 6.42 Å². The highest BCUT2D eigenvalue weighted by Crippen LogP contribution is 2.30. The highest BCUT2D eigenvalue weighted by molar-refractivity contribution is 6.30. The summed E-state index contributed by atoms with van der Waals surface area (Å²) >= 11 is 12.2. The van der Waals surface area contributed by atoms with Crippen molar-refractivity contribution in [3.63, 3.8) is 0 Å². The first kappa shape index (κ1) is 18.5. The van der Waals surface area contributed by atoms with E-state index in [1.165, 1.54) is 7.11 Å². The summed E-state index contributed by atoms with van der Waals surface area (Å²) in [5.74, 6) is -0.466. The second-order valence-corrected chi connectivity index (χ2v) is 7.07. The molecule has 0 saturated carbocycles. The molecule has 0 unspecified atom stereocenters. The molecule has 3 aromatic heterocycles. The van der Waals surface area contributed by atoms with Gasteiger partial charge >= 0.3 is 5.97 Å². The Morgan fingerprint density at radius 1 is 1.04 bits per heavy atom. The van der Waals surface area contributed by atoms with E-state index in [4.69, 9.17) is 33.0 Å². The second kappa shape index (κ2) is 7.62. The van der Waals surface area contributed by atoms with Gasteiger partial charge in [0.2, 0.25) is 0 Å². The molecule has 0 aliphatic heterocycles. The quantitative estimate of drug-likeness (QED) is 0.439. The maximum atomic E-state index is 11.8. The van der Waals surface area contributed by atoms with Crippen molar-refractivity contribution in [2.75, 3.05) is 7.11 Å². The lowest BCUT2D eigenvalue weighted by molar-refractivity contribution is 0.0593. The van der Waals surface area contributed by atoms with E-state index in [9.17, 15) is 4.79 Å². The fraction of sp³-hybridized carbons (Fsp3) is 0.0952. The number of ether oxygens (including phenoxy) is 1. The Labute approximate surface area is 171 Å². The Morgan fingerprint density at radius 3 is 2.54 bits per heavy atom. The zero-order valence-corrected chi connectivity index (χ0v) is 16.4. The molecule has 0 saturated heterocycles. The average molecular weight is 412 g/mol. The molecule has 140 valence electrons. The van der Waals surface area contributed by atoms with Gasteiger partial charge < -0.3 is 4.74 Å². The van der Waals surface area contributed by atoms with Gasteiger partial charge in [0.15, 0.2) is 0 Å². The molecule has 4 rings (SSSR count). The monoisotopic (exact) mass is 411 g/mol. The van der Waals surface area contributed by atoms with Gasteiger partial charge in [-0.05, 0) is 36.4 Å². The number of fused-ring (bicyclic) bond motifs is 1. The third-order valence-corrected chi connectivity index (χ3v) is 4.85. The number of methoxy groups -OCH3 is 1. The van der Waals surface area contributed by atoms with Crippen LogP contribution in [0.4, 0.5) is 0 Å². The number of pyridine rings is 2. The number of rotatable bonds is 4. The standard InChI is InChI=1S/C21H15Cl2N3O2/c1-28-21(27)18-4-2-3-16(24-18)11-17-19-10-9-15(23)12-26(19)25-20(17)13-5-7-14(22)8-6-13/h2-10,12H,11H2,1H3. The second-order valence-electron chi connectivity index (χ2n) is 6.19. The molecule has 7 heteroatoms. The van der Waals surface area contributed by atoms with Crippen LogP contribution < -0.4 is 0 Å². The first-order valence-electron chi connectivity index (χ1n) is 8.52. The van der Waals surface area contributed by atoms with Gasteiger partial charge in [0, 0.05) is 34.5 Å². The number of carbonyl (C=O) groups excluding carboxylic acids is 1. The largest absolute Gasteiger partial charge is 0.464 e. The maximum Gasteiger partial charge on any atom is 0.356 e. The lowest BCUT2D eigenvalue weighted by atomic mass is 10.0. The minimum atomic E-state index is -0.466. The SMILES string of the molecule is COC(=O)c1cccc(Cc2c(-c3ccc(Cl)cc3)nn3cc(Cl)ccc23)n1. The minimum absolute atomic E-state index is 0.271. The molecule has 0 N–H and O–H groups in total. The third kappa shape index (κ3) is 3.59. The molecule has 28 heavy (non-hydrogen) atoms. The molecule has 1 aromatic carbocycles. The number of hydrogen-bond acceptors (Lipinski definition) is 4. The molecule has 0 radical (unpaired) electrons. The van der Waals surface area contributed by atoms with Gasteiger partial charge in [-0.25, -0.2) is 14.3 Å². The number of carbonyl (C=O) groups is 1. The zero-order chi connectivity index (χ0) is 19.7. The number of hydrogen-bond donors (Lipinski definition) is 0. The van der Waals surface area contributed by atoms with E-state index in [1.807, 2.05) is 42.5 Å². The van der Waals surface area contributed by atoms with Crippen molar-refractivity contribution >= 4 is 34.7 Å². The molecule has 5 nitrogen and oxygen atoms in total. The van der Waals surface area contributed by atoms with Crippen LogP contribution in [0.2, 0.25) is 10.0 Å². The highest BCUT2D eigenvalue weighted by atomic mass is 35.5. The van der Waals surface area contributed by atoms with Crippen LogP contribution >= 0.6 is 23.2 Å². The van der Waals surface area contributed by atoms with Crippen LogP contribution in [0.1, 0.15) is 21.7 Å². The fourth-order valence-electron chi connectivity index (χ4n) is 3.07. The van der Waals surface area contributed by atoms with Crippen LogP contribution in [0.25, 0.3) is 16.8 Å². The van der Waals surface area contributed by atoms with Crippen LogP contribution in [0.15, 0.2) is 60.8 Å². The van der Waals surface area contributed by atoms with Gasteiger partial charge in [-0.3, -0.25) is 0 Å². The summed E-state index contributed by atoms with van der Waals surface area (Å²) in [6.45, 7) is 0. The normalized spacial score (nSPS) is 11.0. The predicted molar refractivity (Wildman–Crippen MR) is 109 cm³/mol. The van der Waals surface area contributed by atoms with Crippen LogP contribution in [-0.2, 0) is 11.2 Å². The predicted octanol–water partition coefficient (Wildman–Crippen LogP) is 5.08. The Kier molecular flexibility index (Phi) is 5.03. The summed E-state index contributed by atoms with van der Waals surface area (Å²) in [5.41, 5.74) is 4.65. The molecule has 0 bridgehead atoms. The molecule has 0 aliphatic carbocycles. The van der Waals surface area contributed by atoms with Gasteiger partial charge in [0.25, 0.3) is 0 Å². The van der Waals surface area contributed by atoms with E-state index in [0.29, 0.717) is 16.5 Å². The molecule has 0 fully saturated rings. The molecule has 4 aromatic rings. The van der Waals surface area contributed by atoms with Crippen LogP contribution in [0.3, 0.4) is 0 Å². The number of aromatic nitrogens is 3. The third-order valence-electron chi connectivity index (χ3n) is 4.37. The lowest BCUT2D eigenvalue weighted by Crippen LogP contribution is -2.06. The van der Waals surface area contributed by atoms with E-state index in [-0.39, 0.29) is 5.69 Å². The number of benzene rings is 1. The Hall–Kier alpha value is -2.89. The first-order valence-corrected chi connectivity index (χ1v) is 9.27. The van der Waals surface area contributed by atoms with Gasteiger partial charge in [0.1, 0.15) is 5.69 Å². The molecule has 0 spiro atoms. The van der Waals surface area contributed by atoms with E-state index in [2.05, 4.69) is 4.98 Å². The molecule has 0 aliphatic rings. The van der Waals surface area contributed by atoms with Crippen molar-refractivity contribution in [1.29, 1.82) is 0 Å². The van der Waals surface area contributed by atoms with Crippen molar-refractivity contribution in [1.82, 2.24) is 14.6 Å². The molecule has 0 atom stereocenters. The van der Waals surface area contributed by atoms with E-state index < -0.39 is 5.97 Å². The Bertz CT molecular complexity index is 1170. The van der Waals surface area contributed by atoms with Crippen molar-refractivity contribution < 1.29 is 9.53 Å². The number of esters is 1. The molecule has 3 heterocycles. The lowest BCUT2D eigenvalue weighted by Gasteiger charge is -2.06. The maximum absolute atomic E-state index is 11.8. The van der Waals surface area contributed by atoms with Crippen LogP contribution in [-0.4, -0.2) is 27.7 Å². The average Bonchev–Trinajstić information content (AvgIpc) is 3.05. The van der Waals surface area contributed by atoms with Crippen molar-refractivity contribution in [3.05, 3.63) is 87.8 Å². The van der Waals surface area contributed by atoms with E-state index >= 15 is 0 Å². The summed E-state index contributed by atoms with van der Waals surface area (Å²) in [5, 5.41) is 5.96. The van der Waals surface area contributed by atoms with Gasteiger partial charge in [-0.15, -0.1) is 0 Å². The summed E-state index contributed by atoms with van der Waals surface area (Å²) in [4.78, 5) is 16.2. The summed E-state index contributed by atoms with van der Waals surface area (Å²) in [6.07, 6.45) is 2.26. The van der Waals surface area contributed by atoms with E-state index in [1.54, 1.807) is 22.8 Å². The Balaban J connectivity index is 1.84. The first-order chi connectivity index (χ1) is 13.5.